The molecule has 3 nitrogen and oxygen atoms in total. The molecule has 0 spiro atoms. The highest BCUT2D eigenvalue weighted by molar-refractivity contribution is 5.82. The van der Waals surface area contributed by atoms with Gasteiger partial charge in [-0.15, -0.1) is 0 Å². The molecular weight excluding hydrogens is 267 g/mol. The van der Waals surface area contributed by atoms with Crippen molar-refractivity contribution in [2.75, 3.05) is 0 Å². The predicted octanol–water partition coefficient (Wildman–Crippen LogP) is 3.93. The topological polar surface area (TPSA) is 48.1 Å². The number of nitrogens with zero attached hydrogens (tertiary/aromatic N) is 1. The first-order valence-corrected chi connectivity index (χ1v) is 6.70. The Hall–Kier alpha value is -2.46. The number of halogens is 1. The zero-order valence-electron chi connectivity index (χ0n) is 11.6. The highest BCUT2D eigenvalue weighted by atomic mass is 19.1. The highest BCUT2D eigenvalue weighted by Gasteiger charge is 2.08. The summed E-state index contributed by atoms with van der Waals surface area (Å²) in [5, 5.41) is 1.02. The average molecular weight is 282 g/mol. The molecule has 3 aromatic rings. The lowest BCUT2D eigenvalue weighted by molar-refractivity contribution is 0.459. The molecule has 0 aliphatic rings. The van der Waals surface area contributed by atoms with Crippen LogP contribution in [-0.4, -0.2) is 4.98 Å². The van der Waals surface area contributed by atoms with Gasteiger partial charge >= 0.3 is 0 Å². The summed E-state index contributed by atoms with van der Waals surface area (Å²) in [5.74, 6) is 0.764. The Kier molecular flexibility index (Phi) is 3.54. The summed E-state index contributed by atoms with van der Waals surface area (Å²) in [6.45, 7) is 2.20. The van der Waals surface area contributed by atoms with Crippen molar-refractivity contribution in [3.63, 3.8) is 0 Å². The monoisotopic (exact) mass is 282 g/mol. The Labute approximate surface area is 122 Å². The standard InChI is InChI=1S/C17H15FN2O/c1-11-8-13(18)6-7-16(11)21-17-9-12(10-19)14-4-2-3-5-15(14)20-17/h2-9H,10,19H2,1H3. The van der Waals surface area contributed by atoms with E-state index in [2.05, 4.69) is 4.98 Å². The Balaban J connectivity index is 2.04. The number of aromatic nitrogens is 1. The molecule has 21 heavy (non-hydrogen) atoms. The minimum atomic E-state index is -0.283. The van der Waals surface area contributed by atoms with Gasteiger partial charge in [-0.3, -0.25) is 0 Å². The average Bonchev–Trinajstić information content (AvgIpc) is 2.49. The molecule has 0 aliphatic carbocycles. The summed E-state index contributed by atoms with van der Waals surface area (Å²) in [5.41, 5.74) is 8.31. The van der Waals surface area contributed by atoms with Gasteiger partial charge in [0.25, 0.3) is 0 Å². The van der Waals surface area contributed by atoms with Crippen molar-refractivity contribution in [3.05, 3.63) is 65.5 Å². The van der Waals surface area contributed by atoms with E-state index in [4.69, 9.17) is 10.5 Å². The van der Waals surface area contributed by atoms with Gasteiger partial charge in [0.05, 0.1) is 5.52 Å². The van der Waals surface area contributed by atoms with Gasteiger partial charge in [-0.1, -0.05) is 18.2 Å². The predicted molar refractivity (Wildman–Crippen MR) is 80.8 cm³/mol. The molecule has 3 rings (SSSR count). The van der Waals surface area contributed by atoms with Gasteiger partial charge in [0.15, 0.2) is 0 Å². The van der Waals surface area contributed by atoms with E-state index in [0.717, 1.165) is 22.0 Å². The third-order valence-electron chi connectivity index (χ3n) is 3.35. The van der Waals surface area contributed by atoms with E-state index in [1.807, 2.05) is 30.3 Å². The maximum atomic E-state index is 13.1. The minimum absolute atomic E-state index is 0.283. The van der Waals surface area contributed by atoms with Crippen molar-refractivity contribution >= 4 is 10.9 Å². The van der Waals surface area contributed by atoms with E-state index in [-0.39, 0.29) is 5.82 Å². The van der Waals surface area contributed by atoms with Crippen LogP contribution in [-0.2, 0) is 6.54 Å². The lowest BCUT2D eigenvalue weighted by Gasteiger charge is -2.11. The number of fused-ring (bicyclic) bond motifs is 1. The molecule has 2 N–H and O–H groups in total. The van der Waals surface area contributed by atoms with Crippen LogP contribution in [0.4, 0.5) is 4.39 Å². The second-order valence-corrected chi connectivity index (χ2v) is 4.85. The van der Waals surface area contributed by atoms with Crippen LogP contribution in [0.15, 0.2) is 48.5 Å². The number of benzene rings is 2. The lowest BCUT2D eigenvalue weighted by Crippen LogP contribution is -2.00. The van der Waals surface area contributed by atoms with E-state index in [9.17, 15) is 4.39 Å². The van der Waals surface area contributed by atoms with Gasteiger partial charge < -0.3 is 10.5 Å². The van der Waals surface area contributed by atoms with Crippen molar-refractivity contribution in [1.82, 2.24) is 4.98 Å². The minimum Gasteiger partial charge on any atom is -0.439 e. The van der Waals surface area contributed by atoms with Crippen LogP contribution < -0.4 is 10.5 Å². The number of nitrogens with two attached hydrogens (primary N) is 1. The van der Waals surface area contributed by atoms with Gasteiger partial charge in [0.1, 0.15) is 11.6 Å². The summed E-state index contributed by atoms with van der Waals surface area (Å²) in [4.78, 5) is 4.47. The van der Waals surface area contributed by atoms with Crippen LogP contribution in [0.1, 0.15) is 11.1 Å². The molecule has 0 radical (unpaired) electrons. The molecule has 1 heterocycles. The fourth-order valence-electron chi connectivity index (χ4n) is 2.28. The first kappa shape index (κ1) is 13.5. The maximum absolute atomic E-state index is 13.1. The molecule has 106 valence electrons. The number of aryl methyl sites for hydroxylation is 1. The van der Waals surface area contributed by atoms with Crippen molar-refractivity contribution in [2.45, 2.75) is 13.5 Å². The van der Waals surface area contributed by atoms with Crippen LogP contribution in [0, 0.1) is 12.7 Å². The first-order chi connectivity index (χ1) is 10.2. The Bertz CT molecular complexity index is 802. The number of rotatable bonds is 3. The normalized spacial score (nSPS) is 10.8. The van der Waals surface area contributed by atoms with Gasteiger partial charge in [0, 0.05) is 18.0 Å². The van der Waals surface area contributed by atoms with Crippen LogP contribution in [0.5, 0.6) is 11.6 Å². The van der Waals surface area contributed by atoms with Gasteiger partial charge in [0.2, 0.25) is 5.88 Å². The molecular formula is C17H15FN2O. The Morgan fingerprint density at radius 3 is 2.71 bits per heavy atom. The number of hydrogen-bond acceptors (Lipinski definition) is 3. The quantitative estimate of drug-likeness (QED) is 0.791. The van der Waals surface area contributed by atoms with Crippen LogP contribution in [0.2, 0.25) is 0 Å². The van der Waals surface area contributed by atoms with Crippen molar-refractivity contribution in [3.8, 4) is 11.6 Å². The summed E-state index contributed by atoms with van der Waals surface area (Å²) in [6.07, 6.45) is 0. The highest BCUT2D eigenvalue weighted by Crippen LogP contribution is 2.27. The van der Waals surface area contributed by atoms with Crippen molar-refractivity contribution in [1.29, 1.82) is 0 Å². The van der Waals surface area contributed by atoms with E-state index in [1.54, 1.807) is 13.0 Å². The Morgan fingerprint density at radius 1 is 1.14 bits per heavy atom. The summed E-state index contributed by atoms with van der Waals surface area (Å²) >= 11 is 0. The number of pyridine rings is 1. The lowest BCUT2D eigenvalue weighted by atomic mass is 10.1. The third kappa shape index (κ3) is 2.71. The zero-order chi connectivity index (χ0) is 14.8. The Morgan fingerprint density at radius 2 is 1.95 bits per heavy atom. The van der Waals surface area contributed by atoms with Crippen molar-refractivity contribution < 1.29 is 9.13 Å². The van der Waals surface area contributed by atoms with E-state index in [0.29, 0.717) is 18.2 Å². The molecule has 0 amide bonds. The zero-order valence-corrected chi connectivity index (χ0v) is 11.6. The SMILES string of the molecule is Cc1cc(F)ccc1Oc1cc(CN)c2ccccc2n1. The largest absolute Gasteiger partial charge is 0.439 e. The molecule has 4 heteroatoms. The number of hydrogen-bond donors (Lipinski definition) is 1. The maximum Gasteiger partial charge on any atom is 0.220 e. The van der Waals surface area contributed by atoms with E-state index >= 15 is 0 Å². The van der Waals surface area contributed by atoms with Crippen molar-refractivity contribution in [2.24, 2.45) is 5.73 Å². The summed E-state index contributed by atoms with van der Waals surface area (Å²) in [7, 11) is 0. The van der Waals surface area contributed by atoms with Crippen LogP contribution in [0.25, 0.3) is 10.9 Å². The molecule has 1 aromatic heterocycles. The van der Waals surface area contributed by atoms with E-state index in [1.165, 1.54) is 12.1 Å². The van der Waals surface area contributed by atoms with Crippen LogP contribution in [0.3, 0.4) is 0 Å². The van der Waals surface area contributed by atoms with Gasteiger partial charge in [-0.05, 0) is 42.3 Å². The second-order valence-electron chi connectivity index (χ2n) is 4.85. The molecule has 0 saturated heterocycles. The molecule has 0 bridgehead atoms. The third-order valence-corrected chi connectivity index (χ3v) is 3.35. The molecule has 0 aliphatic heterocycles. The van der Waals surface area contributed by atoms with Gasteiger partial charge in [-0.2, -0.15) is 0 Å². The summed E-state index contributed by atoms with van der Waals surface area (Å²) in [6, 6.07) is 14.0. The number of ether oxygens (including phenoxy) is 1. The van der Waals surface area contributed by atoms with E-state index < -0.39 is 0 Å². The number of para-hydroxylation sites is 1. The second kappa shape index (κ2) is 5.50. The molecule has 0 saturated carbocycles. The smallest absolute Gasteiger partial charge is 0.220 e. The molecule has 0 atom stereocenters. The first-order valence-electron chi connectivity index (χ1n) is 6.70. The van der Waals surface area contributed by atoms with Gasteiger partial charge in [-0.25, -0.2) is 9.37 Å². The molecule has 2 aromatic carbocycles. The summed E-state index contributed by atoms with van der Waals surface area (Å²) < 4.78 is 18.9. The fourth-order valence-corrected chi connectivity index (χ4v) is 2.28. The molecule has 0 fully saturated rings. The molecule has 0 unspecified atom stereocenters. The van der Waals surface area contributed by atoms with Crippen LogP contribution >= 0.6 is 0 Å². The fraction of sp³-hybridized carbons (Fsp3) is 0.118.